The molecule has 0 saturated carbocycles. The Hall–Kier alpha value is -2.22. The SMILES string of the molecule is CC(NC(N)=O)c1ncnc2c1cnn2CCC(C)N(C(C)C)C(C)C. The van der Waals surface area contributed by atoms with E-state index in [-0.39, 0.29) is 6.04 Å². The van der Waals surface area contributed by atoms with E-state index < -0.39 is 6.03 Å². The Kier molecular flexibility index (Phi) is 6.52. The minimum absolute atomic E-state index is 0.299. The minimum Gasteiger partial charge on any atom is -0.352 e. The van der Waals surface area contributed by atoms with Crippen LogP contribution in [0, 0.1) is 0 Å². The number of carbonyl (C=O) groups is 1. The van der Waals surface area contributed by atoms with Crippen LogP contribution in [-0.4, -0.2) is 48.8 Å². The van der Waals surface area contributed by atoms with Gasteiger partial charge in [-0.25, -0.2) is 19.4 Å². The number of nitrogens with one attached hydrogen (secondary N) is 1. The Morgan fingerprint density at radius 3 is 2.42 bits per heavy atom. The van der Waals surface area contributed by atoms with Gasteiger partial charge in [-0.15, -0.1) is 0 Å². The van der Waals surface area contributed by atoms with Crippen molar-refractivity contribution in [2.75, 3.05) is 0 Å². The van der Waals surface area contributed by atoms with Gasteiger partial charge < -0.3 is 11.1 Å². The molecule has 8 heteroatoms. The number of nitrogens with zero attached hydrogens (tertiary/aromatic N) is 5. The van der Waals surface area contributed by atoms with Gasteiger partial charge in [0.25, 0.3) is 0 Å². The summed E-state index contributed by atoms with van der Waals surface area (Å²) in [6.07, 6.45) is 4.24. The standard InChI is InChI=1S/C18H31N7O/c1-11(2)25(12(3)4)13(5)7-8-24-17-15(9-22-24)16(20-10-21-17)14(6)23-18(19)26/h9-14H,7-8H2,1-6H3,(H3,19,23,26). The van der Waals surface area contributed by atoms with Crippen LogP contribution in [-0.2, 0) is 6.54 Å². The van der Waals surface area contributed by atoms with Crippen molar-refractivity contribution in [3.63, 3.8) is 0 Å². The molecule has 2 unspecified atom stereocenters. The predicted octanol–water partition coefficient (Wildman–Crippen LogP) is 2.45. The van der Waals surface area contributed by atoms with E-state index in [0.717, 1.165) is 29.7 Å². The Morgan fingerprint density at radius 2 is 1.85 bits per heavy atom. The first-order valence-corrected chi connectivity index (χ1v) is 9.22. The maximum Gasteiger partial charge on any atom is 0.312 e. The number of carbonyl (C=O) groups excluding carboxylic acids is 1. The second-order valence-electron chi connectivity index (χ2n) is 7.37. The predicted molar refractivity (Wildman–Crippen MR) is 103 cm³/mol. The van der Waals surface area contributed by atoms with E-state index in [9.17, 15) is 4.79 Å². The molecule has 2 rings (SSSR count). The fraction of sp³-hybridized carbons (Fsp3) is 0.667. The van der Waals surface area contributed by atoms with Gasteiger partial charge in [-0.1, -0.05) is 0 Å². The van der Waals surface area contributed by atoms with Gasteiger partial charge in [0, 0.05) is 24.7 Å². The van der Waals surface area contributed by atoms with Gasteiger partial charge in [0.2, 0.25) is 0 Å². The van der Waals surface area contributed by atoms with Crippen LogP contribution in [0.4, 0.5) is 4.79 Å². The van der Waals surface area contributed by atoms with Gasteiger partial charge in [0.1, 0.15) is 6.33 Å². The minimum atomic E-state index is -0.576. The molecule has 0 aliphatic carbocycles. The van der Waals surface area contributed by atoms with Crippen LogP contribution in [0.5, 0.6) is 0 Å². The molecule has 8 nitrogen and oxygen atoms in total. The maximum atomic E-state index is 11.1. The maximum absolute atomic E-state index is 11.1. The first-order valence-electron chi connectivity index (χ1n) is 9.22. The molecule has 3 N–H and O–H groups in total. The number of nitrogens with two attached hydrogens (primary N) is 1. The topological polar surface area (TPSA) is 102 Å². The Labute approximate surface area is 155 Å². The number of aromatic nitrogens is 4. The molecule has 0 aromatic carbocycles. The van der Waals surface area contributed by atoms with Crippen molar-refractivity contribution < 1.29 is 4.79 Å². The lowest BCUT2D eigenvalue weighted by Crippen LogP contribution is -2.44. The summed E-state index contributed by atoms with van der Waals surface area (Å²) in [4.78, 5) is 22.3. The smallest absolute Gasteiger partial charge is 0.312 e. The number of primary amides is 1. The van der Waals surface area contributed by atoms with E-state index in [2.05, 4.69) is 59.9 Å². The van der Waals surface area contributed by atoms with Gasteiger partial charge in [0.15, 0.2) is 5.65 Å². The number of hydrogen-bond acceptors (Lipinski definition) is 5. The summed E-state index contributed by atoms with van der Waals surface area (Å²) < 4.78 is 1.91. The van der Waals surface area contributed by atoms with E-state index in [1.807, 2.05) is 11.6 Å². The Morgan fingerprint density at radius 1 is 1.19 bits per heavy atom. The molecule has 2 heterocycles. The Balaban J connectivity index is 2.18. The molecule has 0 aliphatic heterocycles. The van der Waals surface area contributed by atoms with Crippen LogP contribution in [0.3, 0.4) is 0 Å². The zero-order valence-corrected chi connectivity index (χ0v) is 16.6. The molecule has 2 aromatic rings. The van der Waals surface area contributed by atoms with Gasteiger partial charge in [-0.05, 0) is 48.0 Å². The number of aryl methyl sites for hydroxylation is 1. The number of fused-ring (bicyclic) bond motifs is 1. The first kappa shape index (κ1) is 20.1. The van der Waals surface area contributed by atoms with Crippen molar-refractivity contribution in [3.05, 3.63) is 18.2 Å². The highest BCUT2D eigenvalue weighted by molar-refractivity contribution is 5.79. The molecular formula is C18H31N7O. The summed E-state index contributed by atoms with van der Waals surface area (Å²) in [6.45, 7) is 13.8. The van der Waals surface area contributed by atoms with Crippen LogP contribution >= 0.6 is 0 Å². The van der Waals surface area contributed by atoms with Gasteiger partial charge in [-0.2, -0.15) is 5.10 Å². The third-order valence-corrected chi connectivity index (χ3v) is 4.69. The zero-order chi connectivity index (χ0) is 19.4. The number of amides is 2. The van der Waals surface area contributed by atoms with Crippen molar-refractivity contribution in [2.24, 2.45) is 5.73 Å². The molecule has 2 amide bonds. The fourth-order valence-electron chi connectivity index (χ4n) is 3.77. The van der Waals surface area contributed by atoms with Crippen LogP contribution in [0.25, 0.3) is 11.0 Å². The van der Waals surface area contributed by atoms with E-state index >= 15 is 0 Å². The molecule has 0 spiro atoms. The van der Waals surface area contributed by atoms with Crippen LogP contribution < -0.4 is 11.1 Å². The van der Waals surface area contributed by atoms with E-state index in [0.29, 0.717) is 18.1 Å². The molecule has 0 radical (unpaired) electrons. The van der Waals surface area contributed by atoms with Crippen molar-refractivity contribution >= 4 is 17.1 Å². The molecular weight excluding hydrogens is 330 g/mol. The average Bonchev–Trinajstić information content (AvgIpc) is 2.94. The normalized spacial score (nSPS) is 14.3. The van der Waals surface area contributed by atoms with Crippen molar-refractivity contribution in [1.29, 1.82) is 0 Å². The van der Waals surface area contributed by atoms with Crippen LogP contribution in [0.1, 0.15) is 59.7 Å². The second-order valence-corrected chi connectivity index (χ2v) is 7.37. The summed E-state index contributed by atoms with van der Waals surface area (Å²) in [5.41, 5.74) is 6.72. The molecule has 144 valence electrons. The lowest BCUT2D eigenvalue weighted by atomic mass is 10.1. The zero-order valence-electron chi connectivity index (χ0n) is 16.6. The molecule has 0 fully saturated rings. The number of rotatable bonds is 8. The molecule has 0 saturated heterocycles. The van der Waals surface area contributed by atoms with Crippen LogP contribution in [0.2, 0.25) is 0 Å². The number of urea groups is 1. The largest absolute Gasteiger partial charge is 0.352 e. The first-order chi connectivity index (χ1) is 12.2. The summed E-state index contributed by atoms with van der Waals surface area (Å²) in [5, 5.41) is 7.98. The van der Waals surface area contributed by atoms with Crippen molar-refractivity contribution in [2.45, 2.75) is 78.7 Å². The second kappa shape index (κ2) is 8.44. The van der Waals surface area contributed by atoms with Gasteiger partial charge >= 0.3 is 6.03 Å². The molecule has 26 heavy (non-hydrogen) atoms. The van der Waals surface area contributed by atoms with E-state index in [1.54, 1.807) is 6.20 Å². The van der Waals surface area contributed by atoms with E-state index in [1.165, 1.54) is 6.33 Å². The highest BCUT2D eigenvalue weighted by Crippen LogP contribution is 2.21. The highest BCUT2D eigenvalue weighted by atomic mass is 16.2. The fourth-order valence-corrected chi connectivity index (χ4v) is 3.77. The summed E-state index contributed by atoms with van der Waals surface area (Å²) in [6, 6.07) is 0.550. The highest BCUT2D eigenvalue weighted by Gasteiger charge is 2.21. The quantitative estimate of drug-likeness (QED) is 0.752. The number of hydrogen-bond donors (Lipinski definition) is 2. The molecule has 2 aromatic heterocycles. The molecule has 0 aliphatic rings. The Bertz CT molecular complexity index is 732. The summed E-state index contributed by atoms with van der Waals surface area (Å²) in [5.74, 6) is 0. The monoisotopic (exact) mass is 361 g/mol. The van der Waals surface area contributed by atoms with Crippen molar-refractivity contribution in [3.8, 4) is 0 Å². The van der Waals surface area contributed by atoms with Crippen molar-refractivity contribution in [1.82, 2.24) is 30.0 Å². The van der Waals surface area contributed by atoms with Gasteiger partial charge in [-0.3, -0.25) is 4.90 Å². The third-order valence-electron chi connectivity index (χ3n) is 4.69. The van der Waals surface area contributed by atoms with Crippen LogP contribution in [0.15, 0.2) is 12.5 Å². The summed E-state index contributed by atoms with van der Waals surface area (Å²) >= 11 is 0. The van der Waals surface area contributed by atoms with Gasteiger partial charge in [0.05, 0.1) is 23.3 Å². The molecule has 0 bridgehead atoms. The lowest BCUT2D eigenvalue weighted by molar-refractivity contribution is 0.113. The average molecular weight is 361 g/mol. The van der Waals surface area contributed by atoms with E-state index in [4.69, 9.17) is 5.73 Å². The summed E-state index contributed by atoms with van der Waals surface area (Å²) in [7, 11) is 0. The third kappa shape index (κ3) is 4.49. The molecule has 2 atom stereocenters. The lowest BCUT2D eigenvalue weighted by Gasteiger charge is -2.36.